The first kappa shape index (κ1) is 18.3. The lowest BCUT2D eigenvalue weighted by Crippen LogP contribution is -2.24. The molecule has 9 heteroatoms. The molecule has 0 saturated heterocycles. The highest BCUT2D eigenvalue weighted by Gasteiger charge is 2.12. The summed E-state index contributed by atoms with van der Waals surface area (Å²) in [7, 11) is 0. The number of hydrogen-bond donors (Lipinski definition) is 1. The van der Waals surface area contributed by atoms with Crippen LogP contribution in [0.25, 0.3) is 11.5 Å². The molecule has 0 unspecified atom stereocenters. The van der Waals surface area contributed by atoms with E-state index in [9.17, 15) is 14.0 Å². The Morgan fingerprint density at radius 1 is 1.19 bits per heavy atom. The van der Waals surface area contributed by atoms with Crippen molar-refractivity contribution in [3.8, 4) is 11.5 Å². The summed E-state index contributed by atoms with van der Waals surface area (Å²) in [6.45, 7) is 0.174. The van der Waals surface area contributed by atoms with Gasteiger partial charge in [-0.1, -0.05) is 5.16 Å². The lowest BCUT2D eigenvalue weighted by atomic mass is 10.2. The van der Waals surface area contributed by atoms with E-state index in [0.29, 0.717) is 18.5 Å². The van der Waals surface area contributed by atoms with Crippen LogP contribution in [0.3, 0.4) is 0 Å². The van der Waals surface area contributed by atoms with E-state index in [-0.39, 0.29) is 42.2 Å². The first-order valence-corrected chi connectivity index (χ1v) is 8.17. The first-order chi connectivity index (χ1) is 13.1. The maximum Gasteiger partial charge on any atom is 0.306 e. The number of aromatic nitrogens is 2. The monoisotopic (exact) mass is 373 g/mol. The molecule has 0 aliphatic rings. The summed E-state index contributed by atoms with van der Waals surface area (Å²) >= 11 is 0. The molecule has 1 amide bonds. The van der Waals surface area contributed by atoms with Gasteiger partial charge in [-0.25, -0.2) is 4.39 Å². The molecular weight excluding hydrogens is 357 g/mol. The second kappa shape index (κ2) is 8.75. The zero-order valence-corrected chi connectivity index (χ0v) is 14.2. The van der Waals surface area contributed by atoms with Crippen LogP contribution in [0.4, 0.5) is 4.39 Å². The number of carbonyl (C=O) groups excluding carboxylic acids is 2. The standard InChI is InChI=1S/C18H16FN3O5/c19-13-7-5-12(6-8-13)18-21-15(22-27-18)11-26-16(23)4-1-9-20-17(24)14-3-2-10-25-14/h2-3,5-8,10H,1,4,9,11H2,(H,20,24). The third-order valence-corrected chi connectivity index (χ3v) is 3.51. The summed E-state index contributed by atoms with van der Waals surface area (Å²) in [5, 5.41) is 6.34. The van der Waals surface area contributed by atoms with E-state index in [0.717, 1.165) is 0 Å². The fraction of sp³-hybridized carbons (Fsp3) is 0.222. The summed E-state index contributed by atoms with van der Waals surface area (Å²) in [6.07, 6.45) is 1.95. The van der Waals surface area contributed by atoms with Gasteiger partial charge in [0.25, 0.3) is 11.8 Å². The van der Waals surface area contributed by atoms with Gasteiger partial charge in [0.05, 0.1) is 6.26 Å². The van der Waals surface area contributed by atoms with Crippen LogP contribution in [0.5, 0.6) is 0 Å². The van der Waals surface area contributed by atoms with Crippen molar-refractivity contribution in [2.45, 2.75) is 19.4 Å². The van der Waals surface area contributed by atoms with E-state index in [1.807, 2.05) is 0 Å². The molecule has 0 fully saturated rings. The minimum atomic E-state index is -0.449. The van der Waals surface area contributed by atoms with Gasteiger partial charge in [-0.15, -0.1) is 0 Å². The van der Waals surface area contributed by atoms with Crippen LogP contribution in [0, 0.1) is 5.82 Å². The Morgan fingerprint density at radius 3 is 2.74 bits per heavy atom. The van der Waals surface area contributed by atoms with Gasteiger partial charge in [0.2, 0.25) is 5.82 Å². The summed E-state index contributed by atoms with van der Waals surface area (Å²) in [6, 6.07) is 8.75. The Kier molecular flexibility index (Phi) is 5.93. The van der Waals surface area contributed by atoms with Crippen LogP contribution in [0.1, 0.15) is 29.2 Å². The van der Waals surface area contributed by atoms with Gasteiger partial charge in [-0.2, -0.15) is 4.98 Å². The Hall–Kier alpha value is -3.49. The van der Waals surface area contributed by atoms with E-state index >= 15 is 0 Å². The number of nitrogens with zero attached hydrogens (tertiary/aromatic N) is 2. The predicted octanol–water partition coefficient (Wildman–Crippen LogP) is 2.72. The van der Waals surface area contributed by atoms with Gasteiger partial charge in [-0.3, -0.25) is 9.59 Å². The lowest BCUT2D eigenvalue weighted by molar-refractivity contribution is -0.145. The highest BCUT2D eigenvalue weighted by molar-refractivity contribution is 5.91. The zero-order valence-electron chi connectivity index (χ0n) is 14.2. The van der Waals surface area contributed by atoms with Crippen molar-refractivity contribution < 1.29 is 27.7 Å². The molecule has 3 rings (SSSR count). The van der Waals surface area contributed by atoms with Crippen molar-refractivity contribution in [1.29, 1.82) is 0 Å². The molecule has 1 aromatic carbocycles. The molecule has 8 nitrogen and oxygen atoms in total. The smallest absolute Gasteiger partial charge is 0.306 e. The van der Waals surface area contributed by atoms with Gasteiger partial charge in [0, 0.05) is 18.5 Å². The molecule has 0 aliphatic carbocycles. The Balaban J connectivity index is 1.37. The van der Waals surface area contributed by atoms with Crippen LogP contribution in [0.15, 0.2) is 51.6 Å². The number of carbonyl (C=O) groups is 2. The second-order valence-electron chi connectivity index (χ2n) is 5.52. The largest absolute Gasteiger partial charge is 0.459 e. The SMILES string of the molecule is O=C(CCCNC(=O)c1ccco1)OCc1noc(-c2ccc(F)cc2)n1. The van der Waals surface area contributed by atoms with Crippen LogP contribution in [-0.4, -0.2) is 28.6 Å². The number of rotatable bonds is 8. The number of halogens is 1. The average molecular weight is 373 g/mol. The molecule has 0 aliphatic heterocycles. The highest BCUT2D eigenvalue weighted by atomic mass is 19.1. The fourth-order valence-corrected chi connectivity index (χ4v) is 2.17. The topological polar surface area (TPSA) is 107 Å². The summed E-state index contributed by atoms with van der Waals surface area (Å²) in [5.41, 5.74) is 0.564. The maximum absolute atomic E-state index is 12.9. The maximum atomic E-state index is 12.9. The molecule has 3 aromatic rings. The first-order valence-electron chi connectivity index (χ1n) is 8.17. The highest BCUT2D eigenvalue weighted by Crippen LogP contribution is 2.17. The second-order valence-corrected chi connectivity index (χ2v) is 5.52. The molecule has 2 heterocycles. The van der Waals surface area contributed by atoms with E-state index in [1.165, 1.54) is 30.5 Å². The summed E-state index contributed by atoms with van der Waals surface area (Å²) in [5.74, 6) is -0.529. The van der Waals surface area contributed by atoms with Gasteiger partial charge >= 0.3 is 5.97 Å². The molecule has 0 atom stereocenters. The normalized spacial score (nSPS) is 10.6. The van der Waals surface area contributed by atoms with Gasteiger partial charge in [0.1, 0.15) is 5.82 Å². The number of ether oxygens (including phenoxy) is 1. The van der Waals surface area contributed by atoms with E-state index < -0.39 is 5.97 Å². The van der Waals surface area contributed by atoms with Gasteiger partial charge in [0.15, 0.2) is 12.4 Å². The summed E-state index contributed by atoms with van der Waals surface area (Å²) < 4.78 is 28.0. The van der Waals surface area contributed by atoms with Crippen molar-refractivity contribution in [3.63, 3.8) is 0 Å². The molecule has 140 valence electrons. The lowest BCUT2D eigenvalue weighted by Gasteiger charge is -2.03. The number of hydrogen-bond acceptors (Lipinski definition) is 7. The molecular formula is C18H16FN3O5. The van der Waals surface area contributed by atoms with Crippen molar-refractivity contribution in [1.82, 2.24) is 15.5 Å². The van der Waals surface area contributed by atoms with Crippen LogP contribution >= 0.6 is 0 Å². The molecule has 2 aromatic heterocycles. The molecule has 1 N–H and O–H groups in total. The quantitative estimate of drug-likeness (QED) is 0.478. The number of furan rings is 1. The zero-order chi connectivity index (χ0) is 19.1. The minimum Gasteiger partial charge on any atom is -0.459 e. The van der Waals surface area contributed by atoms with Gasteiger partial charge in [-0.05, 0) is 42.8 Å². The minimum absolute atomic E-state index is 0.126. The van der Waals surface area contributed by atoms with Crippen molar-refractivity contribution in [2.75, 3.05) is 6.54 Å². The third-order valence-electron chi connectivity index (χ3n) is 3.51. The molecule has 0 saturated carbocycles. The third kappa shape index (κ3) is 5.24. The predicted molar refractivity (Wildman–Crippen MR) is 89.8 cm³/mol. The number of esters is 1. The fourth-order valence-electron chi connectivity index (χ4n) is 2.17. The van der Waals surface area contributed by atoms with E-state index in [2.05, 4.69) is 15.5 Å². The summed E-state index contributed by atoms with van der Waals surface area (Å²) in [4.78, 5) is 27.4. The van der Waals surface area contributed by atoms with Gasteiger partial charge < -0.3 is 19.0 Å². The Bertz CT molecular complexity index is 890. The van der Waals surface area contributed by atoms with Crippen molar-refractivity contribution in [3.05, 3.63) is 60.1 Å². The average Bonchev–Trinajstić information content (AvgIpc) is 3.36. The number of amides is 1. The molecule has 0 spiro atoms. The van der Waals surface area contributed by atoms with E-state index in [1.54, 1.807) is 12.1 Å². The van der Waals surface area contributed by atoms with Crippen LogP contribution in [-0.2, 0) is 16.1 Å². The Labute approximate surface area is 153 Å². The molecule has 0 radical (unpaired) electrons. The van der Waals surface area contributed by atoms with Crippen molar-refractivity contribution >= 4 is 11.9 Å². The number of nitrogens with one attached hydrogen (secondary N) is 1. The van der Waals surface area contributed by atoms with Crippen LogP contribution in [0.2, 0.25) is 0 Å². The van der Waals surface area contributed by atoms with Crippen LogP contribution < -0.4 is 5.32 Å². The number of benzene rings is 1. The van der Waals surface area contributed by atoms with Crippen molar-refractivity contribution in [2.24, 2.45) is 0 Å². The Morgan fingerprint density at radius 2 is 2.00 bits per heavy atom. The van der Waals surface area contributed by atoms with E-state index in [4.69, 9.17) is 13.7 Å². The molecule has 27 heavy (non-hydrogen) atoms. The molecule has 0 bridgehead atoms.